The van der Waals surface area contributed by atoms with E-state index in [-0.39, 0.29) is 12.0 Å². The van der Waals surface area contributed by atoms with Gasteiger partial charge in [0, 0.05) is 51.4 Å². The third-order valence-electron chi connectivity index (χ3n) is 5.78. The Balaban J connectivity index is 1.32. The third-order valence-corrected chi connectivity index (χ3v) is 7.82. The van der Waals surface area contributed by atoms with Gasteiger partial charge >= 0.3 is 0 Å². The number of carbonyl (C=O) groups is 1. The molecule has 0 aromatic heterocycles. The summed E-state index contributed by atoms with van der Waals surface area (Å²) in [5.74, 6) is 0.562. The molecule has 0 bridgehead atoms. The summed E-state index contributed by atoms with van der Waals surface area (Å²) >= 11 is 0. The molecule has 3 saturated heterocycles. The average Bonchev–Trinajstić information content (AvgIpc) is 3.46. The smallest absolute Gasteiger partial charge is 0.282 e. The van der Waals surface area contributed by atoms with E-state index in [1.54, 1.807) is 21.3 Å². The number of rotatable bonds is 6. The summed E-state index contributed by atoms with van der Waals surface area (Å²) in [6, 6.07) is 7.18. The lowest BCUT2D eigenvalue weighted by atomic mass is 10.1. The highest BCUT2D eigenvalue weighted by atomic mass is 32.2. The van der Waals surface area contributed by atoms with Crippen molar-refractivity contribution in [3.8, 4) is 5.75 Å². The molecule has 0 N–H and O–H groups in total. The highest BCUT2D eigenvalue weighted by Gasteiger charge is 2.34. The quantitative estimate of drug-likeness (QED) is 0.690. The minimum absolute atomic E-state index is 0.0919. The first-order valence-corrected chi connectivity index (χ1v) is 11.8. The SMILES string of the molecule is O=C(c1cccc(OCC2CCCO2)c1)N1CCN(S(=O)(=O)N2CCCC2)CC1. The van der Waals surface area contributed by atoms with Gasteiger partial charge in [0.2, 0.25) is 0 Å². The predicted molar refractivity (Wildman–Crippen MR) is 108 cm³/mol. The van der Waals surface area contributed by atoms with Gasteiger partial charge in [0.15, 0.2) is 0 Å². The lowest BCUT2D eigenvalue weighted by Gasteiger charge is -2.35. The van der Waals surface area contributed by atoms with Gasteiger partial charge in [-0.15, -0.1) is 0 Å². The molecule has 3 heterocycles. The maximum atomic E-state index is 12.9. The summed E-state index contributed by atoms with van der Waals surface area (Å²) in [7, 11) is -3.40. The van der Waals surface area contributed by atoms with Gasteiger partial charge in [-0.25, -0.2) is 0 Å². The van der Waals surface area contributed by atoms with Crippen molar-refractivity contribution >= 4 is 16.1 Å². The molecule has 160 valence electrons. The van der Waals surface area contributed by atoms with Crippen molar-refractivity contribution in [1.29, 1.82) is 0 Å². The van der Waals surface area contributed by atoms with Gasteiger partial charge in [-0.2, -0.15) is 17.0 Å². The maximum absolute atomic E-state index is 12.9. The van der Waals surface area contributed by atoms with Gasteiger partial charge in [0.25, 0.3) is 16.1 Å². The molecule has 29 heavy (non-hydrogen) atoms. The molecular weight excluding hydrogens is 394 g/mol. The first-order chi connectivity index (χ1) is 14.0. The Morgan fingerprint density at radius 1 is 1.03 bits per heavy atom. The molecule has 1 aromatic rings. The van der Waals surface area contributed by atoms with Crippen molar-refractivity contribution in [2.75, 3.05) is 52.5 Å². The Kier molecular flexibility index (Phi) is 6.38. The molecule has 3 aliphatic rings. The normalized spacial score (nSPS) is 24.1. The number of carbonyl (C=O) groups excluding carboxylic acids is 1. The van der Waals surface area contributed by atoms with Crippen LogP contribution in [0.25, 0.3) is 0 Å². The van der Waals surface area contributed by atoms with E-state index >= 15 is 0 Å². The van der Waals surface area contributed by atoms with E-state index in [9.17, 15) is 13.2 Å². The van der Waals surface area contributed by atoms with Crippen LogP contribution in [0.3, 0.4) is 0 Å². The van der Waals surface area contributed by atoms with Crippen LogP contribution in [-0.4, -0.2) is 86.4 Å². The van der Waals surface area contributed by atoms with E-state index in [1.165, 1.54) is 4.31 Å². The Bertz CT molecular complexity index is 811. The zero-order chi connectivity index (χ0) is 20.3. The number of ether oxygens (including phenoxy) is 2. The lowest BCUT2D eigenvalue weighted by Crippen LogP contribution is -2.53. The van der Waals surface area contributed by atoms with Crippen LogP contribution in [-0.2, 0) is 14.9 Å². The second-order valence-corrected chi connectivity index (χ2v) is 9.71. The van der Waals surface area contributed by atoms with E-state index in [0.29, 0.717) is 57.2 Å². The van der Waals surface area contributed by atoms with Crippen molar-refractivity contribution in [1.82, 2.24) is 13.5 Å². The molecule has 1 atom stereocenters. The molecule has 0 spiro atoms. The van der Waals surface area contributed by atoms with E-state index < -0.39 is 10.2 Å². The van der Waals surface area contributed by atoms with Crippen LogP contribution in [0.15, 0.2) is 24.3 Å². The van der Waals surface area contributed by atoms with Gasteiger partial charge < -0.3 is 14.4 Å². The molecule has 0 radical (unpaired) electrons. The van der Waals surface area contributed by atoms with Crippen LogP contribution >= 0.6 is 0 Å². The minimum atomic E-state index is -3.40. The highest BCUT2D eigenvalue weighted by Crippen LogP contribution is 2.21. The lowest BCUT2D eigenvalue weighted by molar-refractivity contribution is 0.0671. The molecule has 4 rings (SSSR count). The molecule has 3 aliphatic heterocycles. The van der Waals surface area contributed by atoms with Crippen LogP contribution in [0.4, 0.5) is 0 Å². The molecular formula is C20H29N3O5S. The highest BCUT2D eigenvalue weighted by molar-refractivity contribution is 7.86. The molecule has 0 saturated carbocycles. The van der Waals surface area contributed by atoms with Gasteiger partial charge in [-0.05, 0) is 43.9 Å². The van der Waals surface area contributed by atoms with Gasteiger partial charge in [0.05, 0.1) is 6.10 Å². The molecule has 1 aromatic carbocycles. The summed E-state index contributed by atoms with van der Waals surface area (Å²) in [5.41, 5.74) is 0.561. The standard InChI is InChI=1S/C20H29N3O5S/c24-20(17-5-3-6-18(15-17)28-16-19-7-4-14-27-19)21-10-12-23(13-11-21)29(25,26)22-8-1-2-9-22/h3,5-6,15,19H,1-2,4,7-14,16H2. The summed E-state index contributed by atoms with van der Waals surface area (Å²) in [6.45, 7) is 3.93. The van der Waals surface area contributed by atoms with Crippen molar-refractivity contribution in [2.45, 2.75) is 31.8 Å². The fourth-order valence-electron chi connectivity index (χ4n) is 4.07. The Morgan fingerprint density at radius 2 is 1.76 bits per heavy atom. The van der Waals surface area contributed by atoms with E-state index in [2.05, 4.69) is 0 Å². The van der Waals surface area contributed by atoms with Crippen molar-refractivity contribution in [2.24, 2.45) is 0 Å². The Hall–Kier alpha value is -1.68. The van der Waals surface area contributed by atoms with E-state index in [4.69, 9.17) is 9.47 Å². The summed E-state index contributed by atoms with van der Waals surface area (Å²) in [5, 5.41) is 0. The van der Waals surface area contributed by atoms with Crippen LogP contribution in [0.1, 0.15) is 36.0 Å². The van der Waals surface area contributed by atoms with Crippen LogP contribution in [0.2, 0.25) is 0 Å². The fraction of sp³-hybridized carbons (Fsp3) is 0.650. The number of benzene rings is 1. The molecule has 1 amide bonds. The zero-order valence-electron chi connectivity index (χ0n) is 16.7. The summed E-state index contributed by atoms with van der Waals surface area (Å²) in [6.07, 6.45) is 4.03. The minimum Gasteiger partial charge on any atom is -0.491 e. The second kappa shape index (κ2) is 8.99. The molecule has 0 aliphatic carbocycles. The molecule has 3 fully saturated rings. The maximum Gasteiger partial charge on any atom is 0.282 e. The Labute approximate surface area is 172 Å². The second-order valence-electron chi connectivity index (χ2n) is 7.78. The number of hydrogen-bond acceptors (Lipinski definition) is 5. The fourth-order valence-corrected chi connectivity index (χ4v) is 5.74. The number of amides is 1. The predicted octanol–water partition coefficient (Wildman–Crippen LogP) is 1.34. The van der Waals surface area contributed by atoms with E-state index in [1.807, 2.05) is 12.1 Å². The van der Waals surface area contributed by atoms with Crippen molar-refractivity contribution in [3.63, 3.8) is 0 Å². The molecule has 9 heteroatoms. The van der Waals surface area contributed by atoms with Crippen LogP contribution < -0.4 is 4.74 Å². The van der Waals surface area contributed by atoms with Gasteiger partial charge in [-0.3, -0.25) is 4.79 Å². The van der Waals surface area contributed by atoms with Gasteiger partial charge in [0.1, 0.15) is 12.4 Å². The molecule has 8 nitrogen and oxygen atoms in total. The van der Waals surface area contributed by atoms with E-state index in [0.717, 1.165) is 32.3 Å². The number of nitrogens with zero attached hydrogens (tertiary/aromatic N) is 3. The average molecular weight is 424 g/mol. The molecule has 1 unspecified atom stereocenters. The number of piperazine rings is 1. The summed E-state index contributed by atoms with van der Waals surface area (Å²) < 4.78 is 39.8. The third kappa shape index (κ3) is 4.74. The van der Waals surface area contributed by atoms with Crippen LogP contribution in [0, 0.1) is 0 Å². The van der Waals surface area contributed by atoms with Gasteiger partial charge in [-0.1, -0.05) is 6.07 Å². The first-order valence-electron chi connectivity index (χ1n) is 10.4. The zero-order valence-corrected chi connectivity index (χ0v) is 17.5. The van der Waals surface area contributed by atoms with Crippen molar-refractivity contribution in [3.05, 3.63) is 29.8 Å². The monoisotopic (exact) mass is 423 g/mol. The first kappa shape index (κ1) is 20.6. The van der Waals surface area contributed by atoms with Crippen LogP contribution in [0.5, 0.6) is 5.75 Å². The van der Waals surface area contributed by atoms with Crippen molar-refractivity contribution < 1.29 is 22.7 Å². The topological polar surface area (TPSA) is 79.4 Å². The Morgan fingerprint density at radius 3 is 2.45 bits per heavy atom. The number of hydrogen-bond donors (Lipinski definition) is 0. The summed E-state index contributed by atoms with van der Waals surface area (Å²) in [4.78, 5) is 14.6. The largest absolute Gasteiger partial charge is 0.491 e.